The van der Waals surface area contributed by atoms with Crippen LogP contribution < -0.4 is 19.7 Å². The summed E-state index contributed by atoms with van der Waals surface area (Å²) in [5, 5.41) is 0.581. The zero-order valence-corrected chi connectivity index (χ0v) is 32.4. The molecule has 0 heterocycles. The molecule has 48 heavy (non-hydrogen) atoms. The Labute approximate surface area is 289 Å². The predicted octanol–water partition coefficient (Wildman–Crippen LogP) is 9.45. The second kappa shape index (κ2) is 13.1. The zero-order valence-electron chi connectivity index (χ0n) is 30.6. The molecule has 4 aromatic carbocycles. The summed E-state index contributed by atoms with van der Waals surface area (Å²) in [4.78, 5) is 41.6. The highest BCUT2D eigenvalue weighted by molar-refractivity contribution is 7.69. The highest BCUT2D eigenvalue weighted by atomic mass is 31.2. The molecule has 4 rings (SSSR count). The first kappa shape index (κ1) is 38.0. The quantitative estimate of drug-likeness (QED) is 0.144. The number of hydrogen-bond donors (Lipinski definition) is 4. The lowest BCUT2D eigenvalue weighted by molar-refractivity contribution is 0.346. The van der Waals surface area contributed by atoms with Crippen LogP contribution in [0.4, 0.5) is 0 Å². The molecule has 0 saturated heterocycles. The lowest BCUT2D eigenvalue weighted by Gasteiger charge is -2.29. The van der Waals surface area contributed by atoms with E-state index in [2.05, 4.69) is 107 Å². The van der Waals surface area contributed by atoms with Crippen molar-refractivity contribution in [1.29, 1.82) is 0 Å². The van der Waals surface area contributed by atoms with Gasteiger partial charge >= 0.3 is 15.9 Å². The van der Waals surface area contributed by atoms with Crippen LogP contribution in [0.5, 0.6) is 11.5 Å². The maximum absolute atomic E-state index is 12.7. The summed E-state index contributed by atoms with van der Waals surface area (Å²) < 4.78 is 13.5. The lowest BCUT2D eigenvalue weighted by atomic mass is 9.80. The van der Waals surface area contributed by atoms with Crippen molar-refractivity contribution in [2.45, 2.75) is 105 Å². The summed E-state index contributed by atoms with van der Waals surface area (Å²) in [6.07, 6.45) is 0. The summed E-state index contributed by atoms with van der Waals surface area (Å²) >= 11 is 0. The minimum Gasteiger partial charge on any atom is -0.273 e. The molecule has 0 radical (unpaired) electrons. The Hall–Kier alpha value is -2.82. The van der Waals surface area contributed by atoms with E-state index in [9.17, 15) is 19.6 Å². The van der Waals surface area contributed by atoms with Crippen LogP contribution in [0.2, 0.25) is 0 Å². The molecule has 0 bridgehead atoms. The van der Waals surface area contributed by atoms with Crippen LogP contribution in [0.3, 0.4) is 0 Å². The molecule has 0 saturated carbocycles. The fraction of sp³-hybridized carbons (Fsp3) is 0.400. The highest BCUT2D eigenvalue weighted by Crippen LogP contribution is 2.58. The van der Waals surface area contributed by atoms with E-state index in [1.165, 1.54) is 23.3 Å². The molecule has 0 aliphatic heterocycles. The second-order valence-electron chi connectivity index (χ2n) is 16.8. The third-order valence-corrected chi connectivity index (χ3v) is 11.3. The van der Waals surface area contributed by atoms with E-state index in [1.807, 2.05) is 36.4 Å². The van der Waals surface area contributed by atoms with Crippen molar-refractivity contribution in [3.8, 4) is 22.6 Å². The summed E-state index contributed by atoms with van der Waals surface area (Å²) in [7, 11) is -7.90. The van der Waals surface area contributed by atoms with Crippen LogP contribution in [0.15, 0.2) is 84.9 Å². The SMILES string of the molecule is CC(C)(C)c1ccc(O[P+](O)(Oc2ccc(C(C)(C)C)cc2C(C)(C)C)c2ccc(-c3ccc([P+](O)(O)O)cc3)cc2)c(C(C)(C)C)c1. The van der Waals surface area contributed by atoms with E-state index in [4.69, 9.17) is 9.05 Å². The number of benzene rings is 4. The molecule has 0 unspecified atom stereocenters. The van der Waals surface area contributed by atoms with Gasteiger partial charge in [0.05, 0.1) is 0 Å². The number of hydrogen-bond acceptors (Lipinski definition) is 6. The van der Waals surface area contributed by atoms with Crippen LogP contribution in [0, 0.1) is 0 Å². The van der Waals surface area contributed by atoms with Gasteiger partial charge in [-0.2, -0.15) is 19.6 Å². The molecular weight excluding hydrogens is 638 g/mol. The van der Waals surface area contributed by atoms with Crippen molar-refractivity contribution in [2.75, 3.05) is 0 Å². The molecule has 0 aliphatic carbocycles. The first-order valence-corrected chi connectivity index (χ1v) is 19.6. The van der Waals surface area contributed by atoms with E-state index >= 15 is 0 Å². The molecule has 6 nitrogen and oxygen atoms in total. The molecule has 0 fully saturated rings. The van der Waals surface area contributed by atoms with Gasteiger partial charge in [0.1, 0.15) is 0 Å². The third-order valence-electron chi connectivity index (χ3n) is 8.49. The molecule has 4 aromatic rings. The van der Waals surface area contributed by atoms with Crippen molar-refractivity contribution in [2.24, 2.45) is 0 Å². The Morgan fingerprint density at radius 1 is 0.417 bits per heavy atom. The Balaban J connectivity index is 1.87. The van der Waals surface area contributed by atoms with Crippen molar-refractivity contribution in [1.82, 2.24) is 0 Å². The molecule has 0 aromatic heterocycles. The molecule has 8 heteroatoms. The van der Waals surface area contributed by atoms with Crippen LogP contribution in [-0.2, 0) is 21.7 Å². The molecular formula is C40H54O6P2+2. The second-order valence-corrected chi connectivity index (χ2v) is 20.4. The maximum atomic E-state index is 12.7. The molecule has 0 aliphatic rings. The van der Waals surface area contributed by atoms with Crippen molar-refractivity contribution >= 4 is 26.5 Å². The highest BCUT2D eigenvalue weighted by Gasteiger charge is 2.49. The van der Waals surface area contributed by atoms with E-state index < -0.39 is 15.9 Å². The molecule has 0 atom stereocenters. The van der Waals surface area contributed by atoms with E-state index in [-0.39, 0.29) is 27.0 Å². The third kappa shape index (κ3) is 8.85. The van der Waals surface area contributed by atoms with Gasteiger partial charge in [-0.3, -0.25) is 9.05 Å². The largest absolute Gasteiger partial charge is 0.533 e. The molecule has 4 N–H and O–H groups in total. The minimum atomic E-state index is -4.10. The summed E-state index contributed by atoms with van der Waals surface area (Å²) in [5.74, 6) is 1.14. The molecule has 0 amide bonds. The summed E-state index contributed by atoms with van der Waals surface area (Å²) in [5.41, 5.74) is 5.25. The Morgan fingerprint density at radius 3 is 1.04 bits per heavy atom. The average molecular weight is 693 g/mol. The van der Waals surface area contributed by atoms with Crippen LogP contribution in [0.25, 0.3) is 11.1 Å². The van der Waals surface area contributed by atoms with E-state index in [0.717, 1.165) is 22.3 Å². The van der Waals surface area contributed by atoms with Gasteiger partial charge in [-0.15, -0.1) is 0 Å². The van der Waals surface area contributed by atoms with Gasteiger partial charge in [-0.1, -0.05) is 132 Å². The van der Waals surface area contributed by atoms with Crippen molar-refractivity contribution in [3.05, 3.63) is 107 Å². The van der Waals surface area contributed by atoms with Gasteiger partial charge < -0.3 is 0 Å². The Kier molecular flexibility index (Phi) is 10.4. The number of rotatable bonds is 7. The van der Waals surface area contributed by atoms with Gasteiger partial charge in [0.2, 0.25) is 5.30 Å². The van der Waals surface area contributed by atoms with E-state index in [0.29, 0.717) is 16.8 Å². The Morgan fingerprint density at radius 2 is 0.750 bits per heavy atom. The molecule has 258 valence electrons. The van der Waals surface area contributed by atoms with Gasteiger partial charge in [-0.25, -0.2) is 0 Å². The van der Waals surface area contributed by atoms with Crippen molar-refractivity contribution < 1.29 is 28.6 Å². The smallest absolute Gasteiger partial charge is 0.273 e. The first-order chi connectivity index (χ1) is 21.8. The fourth-order valence-electron chi connectivity index (χ4n) is 5.41. The van der Waals surface area contributed by atoms with Crippen molar-refractivity contribution in [3.63, 3.8) is 0 Å². The van der Waals surface area contributed by atoms with Crippen LogP contribution >= 0.6 is 15.9 Å². The lowest BCUT2D eigenvalue weighted by Crippen LogP contribution is -2.25. The first-order valence-electron chi connectivity index (χ1n) is 16.4. The van der Waals surface area contributed by atoms with Gasteiger partial charge in [0.25, 0.3) is 0 Å². The summed E-state index contributed by atoms with van der Waals surface area (Å²) in [6.45, 7) is 25.9. The monoisotopic (exact) mass is 692 g/mol. The standard InChI is InChI=1S/C40H54O6P2/c1-37(2,3)29-17-23-35(33(25-29)39(7,8)9)45-48(44,46-36-24-18-30(38(4,5)6)26-34(36)40(10,11)12)32-21-15-28(16-22-32)27-13-19-31(20-14-27)47(41,42)43/h13-26,41-44H,1-12H3/q+2. The van der Waals surface area contributed by atoms with Crippen LogP contribution in [0.1, 0.15) is 105 Å². The van der Waals surface area contributed by atoms with E-state index in [1.54, 1.807) is 12.1 Å². The molecule has 0 spiro atoms. The minimum absolute atomic E-state index is 0.0697. The average Bonchev–Trinajstić information content (AvgIpc) is 2.95. The van der Waals surface area contributed by atoms with Crippen LogP contribution in [-0.4, -0.2) is 19.6 Å². The van der Waals surface area contributed by atoms with Gasteiger partial charge in [-0.05, 0) is 80.3 Å². The van der Waals surface area contributed by atoms with Gasteiger partial charge in [0.15, 0.2) is 16.8 Å². The normalized spacial score (nSPS) is 13.4. The zero-order chi connectivity index (χ0) is 36.1. The predicted molar refractivity (Wildman–Crippen MR) is 203 cm³/mol. The fourth-order valence-corrected chi connectivity index (χ4v) is 7.59. The Bertz CT molecular complexity index is 1650. The topological polar surface area (TPSA) is 99.4 Å². The maximum Gasteiger partial charge on any atom is 0.533 e. The van der Waals surface area contributed by atoms with Gasteiger partial charge in [0, 0.05) is 11.1 Å². The summed E-state index contributed by atoms with van der Waals surface area (Å²) in [6, 6.07) is 26.2.